The minimum Gasteiger partial charge on any atom is -0.481 e. The van der Waals surface area contributed by atoms with Crippen LogP contribution in [0, 0.1) is 0 Å². The van der Waals surface area contributed by atoms with Crippen LogP contribution in [0.4, 0.5) is 13.2 Å². The maximum atomic E-state index is 12.8. The van der Waals surface area contributed by atoms with E-state index in [1.54, 1.807) is 18.2 Å². The standard InChI is InChI=1S/C12H13F3O2/c13-12(14,15)10(7-4-8-11(16)17)9-5-2-1-3-6-9/h1-3,5-6,10H,4,7-8H2,(H,16,17). The third kappa shape index (κ3) is 4.46. The molecule has 1 atom stereocenters. The van der Waals surface area contributed by atoms with Gasteiger partial charge in [0.25, 0.3) is 0 Å². The average molecular weight is 246 g/mol. The van der Waals surface area contributed by atoms with Crippen LogP contribution in [0.15, 0.2) is 30.3 Å². The lowest BCUT2D eigenvalue weighted by atomic mass is 9.93. The third-order valence-corrected chi connectivity index (χ3v) is 2.48. The van der Waals surface area contributed by atoms with Crippen molar-refractivity contribution in [3.8, 4) is 0 Å². The van der Waals surface area contributed by atoms with Crippen LogP contribution < -0.4 is 0 Å². The highest BCUT2D eigenvalue weighted by molar-refractivity contribution is 5.66. The molecule has 5 heteroatoms. The topological polar surface area (TPSA) is 37.3 Å². The molecule has 1 rings (SSSR count). The second-order valence-corrected chi connectivity index (χ2v) is 3.79. The van der Waals surface area contributed by atoms with Gasteiger partial charge in [0.05, 0.1) is 5.92 Å². The first-order valence-electron chi connectivity index (χ1n) is 5.24. The van der Waals surface area contributed by atoms with Gasteiger partial charge < -0.3 is 5.11 Å². The zero-order valence-electron chi connectivity index (χ0n) is 9.07. The number of rotatable bonds is 5. The minimum absolute atomic E-state index is 0.0222. The largest absolute Gasteiger partial charge is 0.481 e. The van der Waals surface area contributed by atoms with Gasteiger partial charge in [0.15, 0.2) is 0 Å². The molecule has 0 saturated carbocycles. The minimum atomic E-state index is -4.33. The molecular weight excluding hydrogens is 233 g/mol. The van der Waals surface area contributed by atoms with Gasteiger partial charge in [-0.25, -0.2) is 0 Å². The van der Waals surface area contributed by atoms with Crippen molar-refractivity contribution in [2.24, 2.45) is 0 Å². The van der Waals surface area contributed by atoms with E-state index < -0.39 is 18.1 Å². The second kappa shape index (κ2) is 5.70. The summed E-state index contributed by atoms with van der Waals surface area (Å²) < 4.78 is 38.3. The lowest BCUT2D eigenvalue weighted by Crippen LogP contribution is -2.21. The highest BCUT2D eigenvalue weighted by Crippen LogP contribution is 2.38. The lowest BCUT2D eigenvalue weighted by molar-refractivity contribution is -0.153. The molecule has 0 radical (unpaired) electrons. The van der Waals surface area contributed by atoms with E-state index in [4.69, 9.17) is 5.11 Å². The second-order valence-electron chi connectivity index (χ2n) is 3.79. The number of carboxylic acid groups (broad SMARTS) is 1. The Morgan fingerprint density at radius 1 is 1.24 bits per heavy atom. The van der Waals surface area contributed by atoms with Gasteiger partial charge in [-0.2, -0.15) is 13.2 Å². The first-order chi connectivity index (χ1) is 7.91. The van der Waals surface area contributed by atoms with Crippen LogP contribution >= 0.6 is 0 Å². The number of carbonyl (C=O) groups is 1. The molecule has 1 aromatic carbocycles. The van der Waals surface area contributed by atoms with Gasteiger partial charge in [0, 0.05) is 6.42 Å². The lowest BCUT2D eigenvalue weighted by Gasteiger charge is -2.20. The summed E-state index contributed by atoms with van der Waals surface area (Å²) in [5.41, 5.74) is 0.186. The molecule has 0 heterocycles. The molecular formula is C12H13F3O2. The number of halogens is 3. The Bertz CT molecular complexity index is 360. The molecule has 0 amide bonds. The van der Waals surface area contributed by atoms with E-state index in [0.717, 1.165) is 0 Å². The van der Waals surface area contributed by atoms with Crippen LogP contribution in [0.5, 0.6) is 0 Å². The Morgan fingerprint density at radius 3 is 2.29 bits per heavy atom. The summed E-state index contributed by atoms with van der Waals surface area (Å²) in [7, 11) is 0. The zero-order chi connectivity index (χ0) is 12.9. The maximum absolute atomic E-state index is 12.8. The number of aliphatic carboxylic acids is 1. The Balaban J connectivity index is 2.72. The SMILES string of the molecule is O=C(O)CCCC(c1ccccc1)C(F)(F)F. The van der Waals surface area contributed by atoms with E-state index in [1.807, 2.05) is 0 Å². The van der Waals surface area contributed by atoms with Crippen molar-refractivity contribution in [2.45, 2.75) is 31.4 Å². The van der Waals surface area contributed by atoms with Crippen LogP contribution in [0.2, 0.25) is 0 Å². The van der Waals surface area contributed by atoms with E-state index >= 15 is 0 Å². The van der Waals surface area contributed by atoms with Crippen molar-refractivity contribution in [1.29, 1.82) is 0 Å². The van der Waals surface area contributed by atoms with E-state index in [9.17, 15) is 18.0 Å². The van der Waals surface area contributed by atoms with Crippen molar-refractivity contribution in [2.75, 3.05) is 0 Å². The third-order valence-electron chi connectivity index (χ3n) is 2.48. The van der Waals surface area contributed by atoms with Gasteiger partial charge in [-0.1, -0.05) is 30.3 Å². The molecule has 0 fully saturated rings. The van der Waals surface area contributed by atoms with Gasteiger partial charge in [0.2, 0.25) is 0 Å². The molecule has 0 aromatic heterocycles. The predicted octanol–water partition coefficient (Wildman–Crippen LogP) is 3.59. The quantitative estimate of drug-likeness (QED) is 0.862. The van der Waals surface area contributed by atoms with Crippen LogP contribution in [0.1, 0.15) is 30.7 Å². The van der Waals surface area contributed by atoms with E-state index in [2.05, 4.69) is 0 Å². The van der Waals surface area contributed by atoms with Crippen molar-refractivity contribution < 1.29 is 23.1 Å². The number of hydrogen-bond donors (Lipinski definition) is 1. The smallest absolute Gasteiger partial charge is 0.395 e. The average Bonchev–Trinajstić information content (AvgIpc) is 2.23. The molecule has 0 aliphatic heterocycles. The maximum Gasteiger partial charge on any atom is 0.395 e. The van der Waals surface area contributed by atoms with Crippen molar-refractivity contribution >= 4 is 5.97 Å². The fraction of sp³-hybridized carbons (Fsp3) is 0.417. The van der Waals surface area contributed by atoms with Gasteiger partial charge in [-0.05, 0) is 18.4 Å². The Morgan fingerprint density at radius 2 is 1.82 bits per heavy atom. The number of carboxylic acids is 1. The number of benzene rings is 1. The van der Waals surface area contributed by atoms with Crippen LogP contribution in [-0.2, 0) is 4.79 Å². The Hall–Kier alpha value is -1.52. The van der Waals surface area contributed by atoms with Crippen molar-refractivity contribution in [3.63, 3.8) is 0 Å². The van der Waals surface area contributed by atoms with Gasteiger partial charge >= 0.3 is 12.1 Å². The molecule has 1 N–H and O–H groups in total. The summed E-state index contributed by atoms with van der Waals surface area (Å²) in [6, 6.07) is 7.57. The van der Waals surface area contributed by atoms with E-state index in [-0.39, 0.29) is 24.8 Å². The fourth-order valence-electron chi connectivity index (χ4n) is 1.66. The fourth-order valence-corrected chi connectivity index (χ4v) is 1.66. The Kier molecular flexibility index (Phi) is 4.54. The van der Waals surface area contributed by atoms with Crippen LogP contribution in [-0.4, -0.2) is 17.3 Å². The number of hydrogen-bond acceptors (Lipinski definition) is 1. The zero-order valence-corrected chi connectivity index (χ0v) is 9.07. The predicted molar refractivity (Wildman–Crippen MR) is 56.7 cm³/mol. The van der Waals surface area contributed by atoms with Gasteiger partial charge in [-0.3, -0.25) is 4.79 Å². The first kappa shape index (κ1) is 13.5. The molecule has 0 saturated heterocycles. The van der Waals surface area contributed by atoms with Crippen molar-refractivity contribution in [3.05, 3.63) is 35.9 Å². The van der Waals surface area contributed by atoms with E-state index in [0.29, 0.717) is 0 Å². The summed E-state index contributed by atoms with van der Waals surface area (Å²) in [6.45, 7) is 0. The highest BCUT2D eigenvalue weighted by atomic mass is 19.4. The molecule has 94 valence electrons. The molecule has 1 unspecified atom stereocenters. The summed E-state index contributed by atoms with van der Waals surface area (Å²) in [5, 5.41) is 8.42. The summed E-state index contributed by atoms with van der Waals surface area (Å²) in [4.78, 5) is 10.3. The first-order valence-corrected chi connectivity index (χ1v) is 5.24. The Labute approximate surface area is 97.1 Å². The number of alkyl halides is 3. The summed E-state index contributed by atoms with van der Waals surface area (Å²) in [5.74, 6) is -2.65. The van der Waals surface area contributed by atoms with Crippen LogP contribution in [0.25, 0.3) is 0 Å². The molecule has 1 aromatic rings. The van der Waals surface area contributed by atoms with Crippen LogP contribution in [0.3, 0.4) is 0 Å². The normalized spacial score (nSPS) is 13.4. The monoisotopic (exact) mass is 246 g/mol. The summed E-state index contributed by atoms with van der Waals surface area (Å²) >= 11 is 0. The van der Waals surface area contributed by atoms with Gasteiger partial charge in [-0.15, -0.1) is 0 Å². The molecule has 0 aliphatic rings. The molecule has 2 nitrogen and oxygen atoms in total. The van der Waals surface area contributed by atoms with Gasteiger partial charge in [0.1, 0.15) is 0 Å². The highest BCUT2D eigenvalue weighted by Gasteiger charge is 2.39. The molecule has 17 heavy (non-hydrogen) atoms. The van der Waals surface area contributed by atoms with E-state index in [1.165, 1.54) is 12.1 Å². The summed E-state index contributed by atoms with van der Waals surface area (Å²) in [6.07, 6.45) is -4.74. The molecule has 0 aliphatic carbocycles. The molecule has 0 bridgehead atoms. The van der Waals surface area contributed by atoms with Crippen molar-refractivity contribution in [1.82, 2.24) is 0 Å². The molecule has 0 spiro atoms.